The Labute approximate surface area is 83.5 Å². The molecule has 0 aliphatic heterocycles. The SMILES string of the molecule is CC(N)C(C)(C)Nc1ncccc1F. The maximum Gasteiger partial charge on any atom is 0.165 e. The molecule has 0 bridgehead atoms. The lowest BCUT2D eigenvalue weighted by molar-refractivity contribution is 0.464. The van der Waals surface area contributed by atoms with Crippen LogP contribution in [0, 0.1) is 5.82 Å². The Hall–Kier alpha value is -1.16. The molecule has 1 unspecified atom stereocenters. The molecule has 0 aliphatic rings. The predicted molar refractivity (Wildman–Crippen MR) is 55.5 cm³/mol. The van der Waals surface area contributed by atoms with Gasteiger partial charge in [-0.2, -0.15) is 0 Å². The molecule has 0 fully saturated rings. The maximum absolute atomic E-state index is 13.2. The van der Waals surface area contributed by atoms with Gasteiger partial charge in [-0.05, 0) is 32.9 Å². The molecule has 14 heavy (non-hydrogen) atoms. The second-order valence-electron chi connectivity index (χ2n) is 3.97. The van der Waals surface area contributed by atoms with Crippen LogP contribution in [0.15, 0.2) is 18.3 Å². The molecule has 0 spiro atoms. The highest BCUT2D eigenvalue weighted by atomic mass is 19.1. The van der Waals surface area contributed by atoms with Crippen molar-refractivity contribution < 1.29 is 4.39 Å². The first-order valence-corrected chi connectivity index (χ1v) is 4.58. The molecule has 0 saturated carbocycles. The summed E-state index contributed by atoms with van der Waals surface area (Å²) >= 11 is 0. The van der Waals surface area contributed by atoms with E-state index in [-0.39, 0.29) is 23.2 Å². The lowest BCUT2D eigenvalue weighted by atomic mass is 9.97. The highest BCUT2D eigenvalue weighted by Gasteiger charge is 2.23. The number of aromatic nitrogens is 1. The molecule has 4 heteroatoms. The molecule has 0 aliphatic carbocycles. The van der Waals surface area contributed by atoms with Crippen molar-refractivity contribution in [2.24, 2.45) is 5.73 Å². The molecule has 1 aromatic rings. The number of nitrogens with one attached hydrogen (secondary N) is 1. The summed E-state index contributed by atoms with van der Waals surface area (Å²) in [6, 6.07) is 2.83. The third kappa shape index (κ3) is 2.42. The van der Waals surface area contributed by atoms with E-state index < -0.39 is 0 Å². The molecule has 0 aromatic carbocycles. The summed E-state index contributed by atoms with van der Waals surface area (Å²) in [6.45, 7) is 5.69. The number of anilines is 1. The first-order valence-electron chi connectivity index (χ1n) is 4.58. The van der Waals surface area contributed by atoms with Gasteiger partial charge in [0.25, 0.3) is 0 Å². The zero-order valence-corrected chi connectivity index (χ0v) is 8.71. The fraction of sp³-hybridized carbons (Fsp3) is 0.500. The number of rotatable bonds is 3. The highest BCUT2D eigenvalue weighted by molar-refractivity contribution is 5.38. The summed E-state index contributed by atoms with van der Waals surface area (Å²) in [7, 11) is 0. The third-order valence-electron chi connectivity index (χ3n) is 2.34. The van der Waals surface area contributed by atoms with Crippen molar-refractivity contribution in [2.75, 3.05) is 5.32 Å². The summed E-state index contributed by atoms with van der Waals surface area (Å²) in [5.41, 5.74) is 5.38. The molecule has 0 amide bonds. The van der Waals surface area contributed by atoms with Crippen LogP contribution in [0.1, 0.15) is 20.8 Å². The number of halogens is 1. The summed E-state index contributed by atoms with van der Waals surface area (Å²) in [5, 5.41) is 2.97. The van der Waals surface area contributed by atoms with E-state index >= 15 is 0 Å². The van der Waals surface area contributed by atoms with Gasteiger partial charge in [-0.1, -0.05) is 0 Å². The van der Waals surface area contributed by atoms with Gasteiger partial charge in [0.2, 0.25) is 0 Å². The summed E-state index contributed by atoms with van der Waals surface area (Å²) in [6.07, 6.45) is 1.54. The van der Waals surface area contributed by atoms with Crippen LogP contribution in [-0.2, 0) is 0 Å². The minimum absolute atomic E-state index is 0.0936. The average molecular weight is 197 g/mol. The predicted octanol–water partition coefficient (Wildman–Crippen LogP) is 1.76. The second kappa shape index (κ2) is 3.92. The fourth-order valence-electron chi connectivity index (χ4n) is 0.897. The van der Waals surface area contributed by atoms with Gasteiger partial charge in [0.05, 0.1) is 0 Å². The number of pyridine rings is 1. The van der Waals surface area contributed by atoms with Gasteiger partial charge in [0.15, 0.2) is 11.6 Å². The van der Waals surface area contributed by atoms with Gasteiger partial charge in [-0.15, -0.1) is 0 Å². The Morgan fingerprint density at radius 1 is 1.57 bits per heavy atom. The van der Waals surface area contributed by atoms with Crippen LogP contribution in [0.4, 0.5) is 10.2 Å². The average Bonchev–Trinajstić information content (AvgIpc) is 2.08. The van der Waals surface area contributed by atoms with Crippen molar-refractivity contribution in [1.82, 2.24) is 4.98 Å². The molecule has 3 N–H and O–H groups in total. The highest BCUT2D eigenvalue weighted by Crippen LogP contribution is 2.17. The van der Waals surface area contributed by atoms with Crippen molar-refractivity contribution in [3.05, 3.63) is 24.1 Å². The topological polar surface area (TPSA) is 50.9 Å². The molecule has 1 heterocycles. The van der Waals surface area contributed by atoms with Crippen molar-refractivity contribution in [2.45, 2.75) is 32.4 Å². The summed E-state index contributed by atoms with van der Waals surface area (Å²) in [4.78, 5) is 3.90. The molecule has 1 rings (SSSR count). The lowest BCUT2D eigenvalue weighted by Gasteiger charge is -2.30. The summed E-state index contributed by atoms with van der Waals surface area (Å²) < 4.78 is 13.2. The molecule has 3 nitrogen and oxygen atoms in total. The van der Waals surface area contributed by atoms with E-state index in [2.05, 4.69) is 10.3 Å². The maximum atomic E-state index is 13.2. The Bertz CT molecular complexity index is 310. The monoisotopic (exact) mass is 197 g/mol. The molecule has 0 radical (unpaired) electrons. The molecular formula is C10H16FN3. The Morgan fingerprint density at radius 3 is 2.71 bits per heavy atom. The lowest BCUT2D eigenvalue weighted by Crippen LogP contribution is -2.47. The van der Waals surface area contributed by atoms with Crippen LogP contribution in [0.2, 0.25) is 0 Å². The van der Waals surface area contributed by atoms with Crippen LogP contribution in [-0.4, -0.2) is 16.6 Å². The largest absolute Gasteiger partial charge is 0.361 e. The number of hydrogen-bond donors (Lipinski definition) is 2. The van der Waals surface area contributed by atoms with E-state index in [1.54, 1.807) is 12.3 Å². The quantitative estimate of drug-likeness (QED) is 0.776. The summed E-state index contributed by atoms with van der Waals surface area (Å²) in [5.74, 6) is -0.115. The standard InChI is InChI=1S/C10H16FN3/c1-7(12)10(2,3)14-9-8(11)5-4-6-13-9/h4-7H,12H2,1-3H3,(H,13,14). The third-order valence-corrected chi connectivity index (χ3v) is 2.34. The van der Waals surface area contributed by atoms with E-state index in [9.17, 15) is 4.39 Å². The van der Waals surface area contributed by atoms with E-state index in [0.29, 0.717) is 0 Å². The minimum Gasteiger partial charge on any atom is -0.361 e. The van der Waals surface area contributed by atoms with Crippen LogP contribution in [0.5, 0.6) is 0 Å². The van der Waals surface area contributed by atoms with Gasteiger partial charge in [-0.3, -0.25) is 0 Å². The van der Waals surface area contributed by atoms with E-state index in [0.717, 1.165) is 0 Å². The first kappa shape index (κ1) is 10.9. The minimum atomic E-state index is -0.380. The smallest absolute Gasteiger partial charge is 0.165 e. The van der Waals surface area contributed by atoms with Crippen molar-refractivity contribution in [3.8, 4) is 0 Å². The fourth-order valence-corrected chi connectivity index (χ4v) is 0.897. The van der Waals surface area contributed by atoms with Gasteiger partial charge < -0.3 is 11.1 Å². The van der Waals surface area contributed by atoms with Crippen molar-refractivity contribution in [1.29, 1.82) is 0 Å². The number of nitrogens with two attached hydrogens (primary N) is 1. The van der Waals surface area contributed by atoms with Gasteiger partial charge in [0.1, 0.15) is 0 Å². The molecule has 78 valence electrons. The van der Waals surface area contributed by atoms with Gasteiger partial charge in [0, 0.05) is 17.8 Å². The van der Waals surface area contributed by atoms with Crippen molar-refractivity contribution >= 4 is 5.82 Å². The molecule has 0 saturated heterocycles. The van der Waals surface area contributed by atoms with E-state index in [4.69, 9.17) is 5.73 Å². The van der Waals surface area contributed by atoms with Crippen LogP contribution < -0.4 is 11.1 Å². The second-order valence-corrected chi connectivity index (χ2v) is 3.97. The van der Waals surface area contributed by atoms with E-state index in [1.165, 1.54) is 6.07 Å². The zero-order chi connectivity index (χ0) is 10.8. The van der Waals surface area contributed by atoms with Crippen LogP contribution >= 0.6 is 0 Å². The zero-order valence-electron chi connectivity index (χ0n) is 8.71. The molecule has 1 aromatic heterocycles. The van der Waals surface area contributed by atoms with Gasteiger partial charge >= 0.3 is 0 Å². The van der Waals surface area contributed by atoms with Gasteiger partial charge in [-0.25, -0.2) is 9.37 Å². The Balaban J connectivity index is 2.84. The normalized spacial score (nSPS) is 13.8. The molecular weight excluding hydrogens is 181 g/mol. The van der Waals surface area contributed by atoms with E-state index in [1.807, 2.05) is 20.8 Å². The van der Waals surface area contributed by atoms with Crippen LogP contribution in [0.3, 0.4) is 0 Å². The first-order chi connectivity index (χ1) is 6.43. The Kier molecular flexibility index (Phi) is 3.06. The Morgan fingerprint density at radius 2 is 2.21 bits per heavy atom. The number of nitrogens with zero attached hydrogens (tertiary/aromatic N) is 1. The van der Waals surface area contributed by atoms with Crippen LogP contribution in [0.25, 0.3) is 0 Å². The molecule has 1 atom stereocenters. The number of hydrogen-bond acceptors (Lipinski definition) is 3. The van der Waals surface area contributed by atoms with Crippen molar-refractivity contribution in [3.63, 3.8) is 0 Å².